The van der Waals surface area contributed by atoms with E-state index in [0.29, 0.717) is 0 Å². The number of methoxy groups -OCH3 is 1. The van der Waals surface area contributed by atoms with Gasteiger partial charge in [0.05, 0.1) is 7.11 Å². The van der Waals surface area contributed by atoms with Gasteiger partial charge in [-0.25, -0.2) is 0 Å². The molecule has 3 N–H and O–H groups in total. The van der Waals surface area contributed by atoms with E-state index in [1.165, 1.54) is 11.1 Å². The number of hydrogen-bond donors (Lipinski definition) is 1. The predicted molar refractivity (Wildman–Crippen MR) is 64.2 cm³/mol. The number of hydrogen-bond acceptors (Lipinski definition) is 1. The van der Waals surface area contributed by atoms with E-state index in [4.69, 9.17) is 4.74 Å². The van der Waals surface area contributed by atoms with Gasteiger partial charge in [-0.15, -0.1) is 0 Å². The first kappa shape index (κ1) is 10.7. The van der Waals surface area contributed by atoms with E-state index in [2.05, 4.69) is 30.0 Å². The van der Waals surface area contributed by atoms with Gasteiger partial charge in [-0.05, 0) is 24.3 Å². The van der Waals surface area contributed by atoms with Gasteiger partial charge >= 0.3 is 0 Å². The van der Waals surface area contributed by atoms with E-state index >= 15 is 0 Å². The van der Waals surface area contributed by atoms with Crippen LogP contribution in [0.4, 0.5) is 0 Å². The summed E-state index contributed by atoms with van der Waals surface area (Å²) in [5, 5.41) is 0. The SMILES string of the molecule is COc1ccc([C@H]([NH3+])c2ccccc2)cc1. The first-order chi connectivity index (χ1) is 7.81. The lowest BCUT2D eigenvalue weighted by Gasteiger charge is -2.09. The third-order valence-electron chi connectivity index (χ3n) is 2.72. The second-order valence-corrected chi connectivity index (χ2v) is 3.74. The van der Waals surface area contributed by atoms with Gasteiger partial charge in [-0.2, -0.15) is 0 Å². The van der Waals surface area contributed by atoms with Gasteiger partial charge in [0.1, 0.15) is 11.8 Å². The van der Waals surface area contributed by atoms with Crippen LogP contribution in [0.5, 0.6) is 5.75 Å². The maximum Gasteiger partial charge on any atom is 0.136 e. The van der Waals surface area contributed by atoms with Crippen LogP contribution in [0.25, 0.3) is 0 Å². The fourth-order valence-electron chi connectivity index (χ4n) is 1.71. The minimum Gasteiger partial charge on any atom is -0.497 e. The fourth-order valence-corrected chi connectivity index (χ4v) is 1.71. The Bertz CT molecular complexity index is 436. The van der Waals surface area contributed by atoms with E-state index in [1.54, 1.807) is 7.11 Å². The third kappa shape index (κ3) is 2.23. The molecule has 0 amide bonds. The molecule has 0 aromatic heterocycles. The maximum atomic E-state index is 5.13. The lowest BCUT2D eigenvalue weighted by molar-refractivity contribution is -0.411. The lowest BCUT2D eigenvalue weighted by atomic mass is 10.00. The van der Waals surface area contributed by atoms with Gasteiger partial charge < -0.3 is 10.5 Å². The van der Waals surface area contributed by atoms with Gasteiger partial charge in [-0.1, -0.05) is 30.3 Å². The van der Waals surface area contributed by atoms with Crippen LogP contribution in [0.3, 0.4) is 0 Å². The van der Waals surface area contributed by atoms with Crippen molar-refractivity contribution in [2.24, 2.45) is 0 Å². The van der Waals surface area contributed by atoms with Gasteiger partial charge in [-0.3, -0.25) is 0 Å². The van der Waals surface area contributed by atoms with E-state index in [1.807, 2.05) is 30.3 Å². The summed E-state index contributed by atoms with van der Waals surface area (Å²) in [5.41, 5.74) is 6.62. The van der Waals surface area contributed by atoms with Crippen molar-refractivity contribution < 1.29 is 10.5 Å². The summed E-state index contributed by atoms with van der Waals surface area (Å²) in [6, 6.07) is 18.5. The summed E-state index contributed by atoms with van der Waals surface area (Å²) in [5.74, 6) is 0.879. The smallest absolute Gasteiger partial charge is 0.136 e. The normalized spacial score (nSPS) is 12.1. The molecule has 0 saturated heterocycles. The van der Waals surface area contributed by atoms with Crippen molar-refractivity contribution in [1.82, 2.24) is 0 Å². The largest absolute Gasteiger partial charge is 0.497 e. The molecule has 1 atom stereocenters. The molecule has 16 heavy (non-hydrogen) atoms. The van der Waals surface area contributed by atoms with Crippen LogP contribution in [0, 0.1) is 0 Å². The molecule has 2 heteroatoms. The summed E-state index contributed by atoms with van der Waals surface area (Å²) in [4.78, 5) is 0. The highest BCUT2D eigenvalue weighted by atomic mass is 16.5. The van der Waals surface area contributed by atoms with E-state index in [9.17, 15) is 0 Å². The number of rotatable bonds is 3. The lowest BCUT2D eigenvalue weighted by Crippen LogP contribution is -2.53. The number of benzene rings is 2. The molecule has 0 heterocycles. The molecule has 0 radical (unpaired) electrons. The Morgan fingerprint density at radius 1 is 0.875 bits per heavy atom. The fraction of sp³-hybridized carbons (Fsp3) is 0.143. The summed E-state index contributed by atoms with van der Waals surface area (Å²) in [6.07, 6.45) is 0. The molecule has 0 aliphatic carbocycles. The molecule has 0 bridgehead atoms. The Morgan fingerprint density at radius 3 is 2.00 bits per heavy atom. The first-order valence-electron chi connectivity index (χ1n) is 5.33. The van der Waals surface area contributed by atoms with E-state index in [-0.39, 0.29) is 6.04 Å². The Kier molecular flexibility index (Phi) is 3.22. The highest BCUT2D eigenvalue weighted by Gasteiger charge is 2.11. The van der Waals surface area contributed by atoms with Crippen LogP contribution in [-0.4, -0.2) is 7.11 Å². The topological polar surface area (TPSA) is 36.9 Å². The van der Waals surface area contributed by atoms with Gasteiger partial charge in [0, 0.05) is 11.1 Å². The molecule has 0 saturated carbocycles. The van der Waals surface area contributed by atoms with Crippen molar-refractivity contribution in [1.29, 1.82) is 0 Å². The van der Waals surface area contributed by atoms with Crippen molar-refractivity contribution >= 4 is 0 Å². The van der Waals surface area contributed by atoms with Crippen LogP contribution in [-0.2, 0) is 0 Å². The quantitative estimate of drug-likeness (QED) is 0.834. The molecule has 0 fully saturated rings. The van der Waals surface area contributed by atoms with Gasteiger partial charge in [0.2, 0.25) is 0 Å². The summed E-state index contributed by atoms with van der Waals surface area (Å²) in [6.45, 7) is 0. The van der Waals surface area contributed by atoms with Crippen LogP contribution in [0.15, 0.2) is 54.6 Å². The standard InChI is InChI=1S/C14H15NO/c1-16-13-9-7-12(8-10-13)14(15)11-5-3-2-4-6-11/h2-10,14H,15H2,1H3/p+1/t14-/m1/s1. The van der Waals surface area contributed by atoms with Crippen LogP contribution in [0.1, 0.15) is 17.2 Å². The monoisotopic (exact) mass is 214 g/mol. The molecule has 82 valence electrons. The number of quaternary nitrogens is 1. The van der Waals surface area contributed by atoms with Crippen LogP contribution < -0.4 is 10.5 Å². The average Bonchev–Trinajstić information content (AvgIpc) is 2.39. The van der Waals surface area contributed by atoms with Crippen molar-refractivity contribution in [2.75, 3.05) is 7.11 Å². The summed E-state index contributed by atoms with van der Waals surface area (Å²) >= 11 is 0. The predicted octanol–water partition coefficient (Wildman–Crippen LogP) is 2.03. The van der Waals surface area contributed by atoms with Crippen molar-refractivity contribution in [2.45, 2.75) is 6.04 Å². The Balaban J connectivity index is 2.24. The molecule has 2 nitrogen and oxygen atoms in total. The van der Waals surface area contributed by atoms with Crippen molar-refractivity contribution in [3.8, 4) is 5.75 Å². The summed E-state index contributed by atoms with van der Waals surface area (Å²) in [7, 11) is 1.67. The molecule has 2 aromatic carbocycles. The summed E-state index contributed by atoms with van der Waals surface area (Å²) < 4.78 is 5.13. The van der Waals surface area contributed by atoms with Gasteiger partial charge in [0.15, 0.2) is 0 Å². The molecule has 2 aromatic rings. The highest BCUT2D eigenvalue weighted by molar-refractivity contribution is 5.33. The van der Waals surface area contributed by atoms with Crippen LogP contribution in [0.2, 0.25) is 0 Å². The van der Waals surface area contributed by atoms with Gasteiger partial charge in [0.25, 0.3) is 0 Å². The zero-order valence-corrected chi connectivity index (χ0v) is 9.39. The van der Waals surface area contributed by atoms with Crippen LogP contribution >= 0.6 is 0 Å². The van der Waals surface area contributed by atoms with Crippen molar-refractivity contribution in [3.05, 3.63) is 65.7 Å². The second-order valence-electron chi connectivity index (χ2n) is 3.74. The molecule has 0 aliphatic heterocycles. The Morgan fingerprint density at radius 2 is 1.44 bits per heavy atom. The molecule has 0 unspecified atom stereocenters. The van der Waals surface area contributed by atoms with E-state index < -0.39 is 0 Å². The third-order valence-corrected chi connectivity index (χ3v) is 2.72. The first-order valence-corrected chi connectivity index (χ1v) is 5.33. The second kappa shape index (κ2) is 4.81. The zero-order valence-electron chi connectivity index (χ0n) is 9.39. The minimum atomic E-state index is 0.173. The molecule has 2 rings (SSSR count). The molecule has 0 aliphatic rings. The van der Waals surface area contributed by atoms with Crippen molar-refractivity contribution in [3.63, 3.8) is 0 Å². The Labute approximate surface area is 95.7 Å². The average molecular weight is 214 g/mol. The molecular weight excluding hydrogens is 198 g/mol. The maximum absolute atomic E-state index is 5.13. The Hall–Kier alpha value is -1.80. The zero-order chi connectivity index (χ0) is 11.4. The van der Waals surface area contributed by atoms with E-state index in [0.717, 1.165) is 5.75 Å². The number of ether oxygens (including phenoxy) is 1. The molecular formula is C14H16NO+. The molecule has 0 spiro atoms. The highest BCUT2D eigenvalue weighted by Crippen LogP contribution is 2.20. The minimum absolute atomic E-state index is 0.173.